The second-order valence-corrected chi connectivity index (χ2v) is 9.36. The molecule has 0 radical (unpaired) electrons. The first-order valence-electron chi connectivity index (χ1n) is 8.31. The van der Waals surface area contributed by atoms with Crippen LogP contribution < -0.4 is 11.1 Å². The predicted octanol–water partition coefficient (Wildman–Crippen LogP) is 2.47. The lowest BCUT2D eigenvalue weighted by atomic mass is 9.93. The number of nitrogens with one attached hydrogen (secondary N) is 1. The van der Waals surface area contributed by atoms with E-state index in [1.807, 2.05) is 0 Å². The van der Waals surface area contributed by atoms with E-state index in [2.05, 4.69) is 10.3 Å². The molecule has 0 unspecified atom stereocenters. The summed E-state index contributed by atoms with van der Waals surface area (Å²) in [5, 5.41) is 3.37. The van der Waals surface area contributed by atoms with Crippen LogP contribution in [-0.2, 0) is 10.0 Å². The van der Waals surface area contributed by atoms with Crippen molar-refractivity contribution in [1.29, 1.82) is 0 Å². The zero-order chi connectivity index (χ0) is 17.5. The molecule has 0 spiro atoms. The van der Waals surface area contributed by atoms with E-state index in [9.17, 15) is 8.42 Å². The summed E-state index contributed by atoms with van der Waals surface area (Å²) in [6, 6.07) is 1.37. The fourth-order valence-electron chi connectivity index (χ4n) is 4.10. The van der Waals surface area contributed by atoms with Crippen LogP contribution in [0.2, 0.25) is 0 Å². The second-order valence-electron chi connectivity index (χ2n) is 7.16. The van der Waals surface area contributed by atoms with Gasteiger partial charge in [-0.05, 0) is 70.2 Å². The number of aromatic nitrogens is 1. The topological polar surface area (TPSA) is 88.3 Å². The highest BCUT2D eigenvalue weighted by Crippen LogP contribution is 2.49. The molecule has 2 saturated carbocycles. The average molecular weight is 369 g/mol. The first-order chi connectivity index (χ1) is 11.3. The lowest BCUT2D eigenvalue weighted by Gasteiger charge is -2.32. The van der Waals surface area contributed by atoms with Gasteiger partial charge in [-0.2, -0.15) is 0 Å². The van der Waals surface area contributed by atoms with Crippen LogP contribution in [0, 0.1) is 5.92 Å². The molecule has 1 aromatic rings. The summed E-state index contributed by atoms with van der Waals surface area (Å²) in [6.07, 6.45) is 8.70. The lowest BCUT2D eigenvalue weighted by molar-refractivity contribution is 0.445. The molecule has 24 heavy (non-hydrogen) atoms. The van der Waals surface area contributed by atoms with Gasteiger partial charge in [0.2, 0.25) is 0 Å². The van der Waals surface area contributed by atoms with Crippen LogP contribution in [0.3, 0.4) is 0 Å². The minimum atomic E-state index is -3.85. The molecule has 2 aliphatic rings. The van der Waals surface area contributed by atoms with Crippen LogP contribution in [0.1, 0.15) is 46.0 Å². The molecule has 3 N–H and O–H groups in total. The van der Waals surface area contributed by atoms with Crippen molar-refractivity contribution in [1.82, 2.24) is 9.29 Å². The molecule has 8 heteroatoms. The molecule has 132 valence electrons. The SMILES string of the molecule is CC(C)N(C(N)=S)S(=O)(=O)c1cnccc1NC12CCC(CC1)C2. The minimum Gasteiger partial charge on any atom is -0.378 e. The molecule has 2 fully saturated rings. The van der Waals surface area contributed by atoms with E-state index in [0.717, 1.165) is 29.5 Å². The summed E-state index contributed by atoms with van der Waals surface area (Å²) >= 11 is 4.96. The molecule has 2 aliphatic carbocycles. The fraction of sp³-hybridized carbons (Fsp3) is 0.625. The third-order valence-electron chi connectivity index (χ3n) is 5.15. The largest absolute Gasteiger partial charge is 0.378 e. The van der Waals surface area contributed by atoms with Crippen molar-refractivity contribution in [3.63, 3.8) is 0 Å². The Bertz CT molecular complexity index is 740. The highest BCUT2D eigenvalue weighted by atomic mass is 32.2. The molecule has 3 rings (SSSR count). The fourth-order valence-corrected chi connectivity index (χ4v) is 6.20. The Kier molecular flexibility index (Phi) is 4.46. The zero-order valence-corrected chi connectivity index (χ0v) is 15.7. The summed E-state index contributed by atoms with van der Waals surface area (Å²) in [5.74, 6) is 0.767. The van der Waals surface area contributed by atoms with Crippen LogP contribution in [0.5, 0.6) is 0 Å². The Morgan fingerprint density at radius 3 is 2.62 bits per heavy atom. The van der Waals surface area contributed by atoms with Crippen molar-refractivity contribution in [2.24, 2.45) is 11.7 Å². The average Bonchev–Trinajstić information content (AvgIpc) is 3.06. The van der Waals surface area contributed by atoms with Crippen LogP contribution in [0.15, 0.2) is 23.4 Å². The Hall–Kier alpha value is -1.41. The van der Waals surface area contributed by atoms with Crippen LogP contribution in [0.4, 0.5) is 5.69 Å². The zero-order valence-electron chi connectivity index (χ0n) is 14.0. The van der Waals surface area contributed by atoms with E-state index in [4.69, 9.17) is 18.0 Å². The summed E-state index contributed by atoms with van der Waals surface area (Å²) in [7, 11) is -3.85. The van der Waals surface area contributed by atoms with E-state index < -0.39 is 10.0 Å². The molecule has 2 bridgehead atoms. The van der Waals surface area contributed by atoms with Crippen molar-refractivity contribution in [2.45, 2.75) is 62.4 Å². The summed E-state index contributed by atoms with van der Waals surface area (Å²) in [6.45, 7) is 3.49. The van der Waals surface area contributed by atoms with Crippen LogP contribution >= 0.6 is 12.2 Å². The van der Waals surface area contributed by atoms with Gasteiger partial charge in [-0.3, -0.25) is 4.98 Å². The van der Waals surface area contributed by atoms with Crippen molar-refractivity contribution in [3.05, 3.63) is 18.5 Å². The van der Waals surface area contributed by atoms with E-state index in [1.165, 1.54) is 19.0 Å². The maximum atomic E-state index is 13.1. The van der Waals surface area contributed by atoms with Crippen LogP contribution in [-0.4, -0.2) is 34.4 Å². The van der Waals surface area contributed by atoms with Gasteiger partial charge in [0, 0.05) is 24.0 Å². The van der Waals surface area contributed by atoms with Gasteiger partial charge in [0.05, 0.1) is 5.69 Å². The molecular formula is C16H24N4O2S2. The third kappa shape index (κ3) is 2.97. The smallest absolute Gasteiger partial charge is 0.269 e. The van der Waals surface area contributed by atoms with Crippen molar-refractivity contribution in [3.8, 4) is 0 Å². The number of sulfonamides is 1. The molecule has 6 nitrogen and oxygen atoms in total. The first-order valence-corrected chi connectivity index (χ1v) is 10.2. The number of rotatable bonds is 5. The van der Waals surface area contributed by atoms with E-state index in [0.29, 0.717) is 5.69 Å². The summed E-state index contributed by atoms with van der Waals surface area (Å²) < 4.78 is 27.3. The van der Waals surface area contributed by atoms with E-state index in [-0.39, 0.29) is 21.6 Å². The molecule has 0 atom stereocenters. The van der Waals surface area contributed by atoms with Gasteiger partial charge in [0.1, 0.15) is 4.90 Å². The lowest BCUT2D eigenvalue weighted by Crippen LogP contribution is -2.45. The number of fused-ring (bicyclic) bond motifs is 2. The predicted molar refractivity (Wildman–Crippen MR) is 98.1 cm³/mol. The highest BCUT2D eigenvalue weighted by Gasteiger charge is 2.45. The first kappa shape index (κ1) is 17.4. The van der Waals surface area contributed by atoms with Crippen molar-refractivity contribution < 1.29 is 8.42 Å². The van der Waals surface area contributed by atoms with Crippen molar-refractivity contribution >= 4 is 33.0 Å². The number of hydrogen-bond donors (Lipinski definition) is 2. The Morgan fingerprint density at radius 1 is 1.46 bits per heavy atom. The number of hydrogen-bond acceptors (Lipinski definition) is 5. The quantitative estimate of drug-likeness (QED) is 0.776. The third-order valence-corrected chi connectivity index (χ3v) is 7.48. The van der Waals surface area contributed by atoms with Gasteiger partial charge in [-0.25, -0.2) is 12.7 Å². The molecule has 0 amide bonds. The van der Waals surface area contributed by atoms with Crippen molar-refractivity contribution in [2.75, 3.05) is 5.32 Å². The molecule has 0 aliphatic heterocycles. The minimum absolute atomic E-state index is 0.0160. The molecular weight excluding hydrogens is 344 g/mol. The maximum Gasteiger partial charge on any atom is 0.269 e. The highest BCUT2D eigenvalue weighted by molar-refractivity contribution is 7.91. The molecule has 0 aromatic carbocycles. The van der Waals surface area contributed by atoms with Gasteiger partial charge in [0.25, 0.3) is 10.0 Å². The second kappa shape index (κ2) is 6.15. The number of anilines is 1. The van der Waals surface area contributed by atoms with E-state index in [1.54, 1.807) is 26.1 Å². The summed E-state index contributed by atoms with van der Waals surface area (Å²) in [4.78, 5) is 4.15. The summed E-state index contributed by atoms with van der Waals surface area (Å²) in [5.41, 5.74) is 6.28. The van der Waals surface area contributed by atoms with E-state index >= 15 is 0 Å². The van der Waals surface area contributed by atoms with Gasteiger partial charge >= 0.3 is 0 Å². The molecule has 1 heterocycles. The molecule has 0 saturated heterocycles. The molecule has 1 aromatic heterocycles. The van der Waals surface area contributed by atoms with Crippen LogP contribution in [0.25, 0.3) is 0 Å². The monoisotopic (exact) mass is 368 g/mol. The number of thiocarbonyl (C=S) groups is 1. The number of nitrogens with two attached hydrogens (primary N) is 1. The number of nitrogens with zero attached hydrogens (tertiary/aromatic N) is 2. The Balaban J connectivity index is 1.98. The number of pyridine rings is 1. The van der Waals surface area contributed by atoms with Gasteiger partial charge in [-0.15, -0.1) is 0 Å². The van der Waals surface area contributed by atoms with Gasteiger partial charge in [0.15, 0.2) is 5.11 Å². The van der Waals surface area contributed by atoms with Gasteiger partial charge in [-0.1, -0.05) is 0 Å². The Morgan fingerprint density at radius 2 is 2.12 bits per heavy atom. The normalized spacial score (nSPS) is 25.9. The maximum absolute atomic E-state index is 13.1. The standard InChI is InChI=1S/C16H24N4O2S2/c1-11(2)20(15(17)23)24(21,22)14-10-18-8-5-13(14)19-16-6-3-12(9-16)4-7-16/h5,8,10-12H,3-4,6-7,9H2,1-2H3,(H2,17,23)(H,18,19). The van der Waals surface area contributed by atoms with Gasteiger partial charge < -0.3 is 11.1 Å². The Labute approximate surface area is 148 Å².